The van der Waals surface area contributed by atoms with E-state index in [-0.39, 0.29) is 11.5 Å². The SMILES string of the molecule is C=CC(=O)Nc1cc2c(Nc3ccc(OCc4ccccn4)c(Cl)c3)ncnc2cc1CCCN1CC2(CCO2)C1. The first-order valence-electron chi connectivity index (χ1n) is 13.7. The third-order valence-corrected chi connectivity index (χ3v) is 7.81. The third kappa shape index (κ3) is 6.17. The first kappa shape index (κ1) is 27.1. The Hall–Kier alpha value is -4.05. The molecule has 2 aliphatic heterocycles. The van der Waals surface area contributed by atoms with E-state index in [1.165, 1.54) is 12.4 Å². The highest BCUT2D eigenvalue weighted by Crippen LogP contribution is 2.36. The number of halogens is 1. The van der Waals surface area contributed by atoms with Crippen LogP contribution in [0.4, 0.5) is 17.2 Å². The van der Waals surface area contributed by atoms with E-state index in [1.54, 1.807) is 12.3 Å². The van der Waals surface area contributed by atoms with Crippen LogP contribution >= 0.6 is 11.6 Å². The van der Waals surface area contributed by atoms with Crippen LogP contribution in [0.15, 0.2) is 73.7 Å². The van der Waals surface area contributed by atoms with Gasteiger partial charge in [-0.1, -0.05) is 24.2 Å². The fraction of sp³-hybridized carbons (Fsp3) is 0.290. The van der Waals surface area contributed by atoms with Crippen molar-refractivity contribution < 1.29 is 14.3 Å². The van der Waals surface area contributed by atoms with E-state index in [4.69, 9.17) is 21.1 Å². The molecule has 4 heterocycles. The molecule has 0 unspecified atom stereocenters. The standard InChI is InChI=1S/C31H31ClN6O3/c1-2-29(39)37-26-16-24-27(14-21(26)6-5-12-38-18-31(19-38)10-13-41-31)34-20-35-30(24)36-22-8-9-28(25(32)15-22)40-17-23-7-3-4-11-33-23/h2-4,7-9,11,14-16,20H,1,5-6,10,12-13,17-19H2,(H,37,39)(H,34,35,36). The predicted molar refractivity (Wildman–Crippen MR) is 160 cm³/mol. The Balaban J connectivity index is 1.17. The van der Waals surface area contributed by atoms with E-state index >= 15 is 0 Å². The number of aryl methyl sites for hydroxylation is 1. The quantitative estimate of drug-likeness (QED) is 0.227. The molecule has 0 bridgehead atoms. The molecule has 2 saturated heterocycles. The molecule has 4 aromatic rings. The van der Waals surface area contributed by atoms with Gasteiger partial charge in [0.25, 0.3) is 0 Å². The molecule has 2 aromatic heterocycles. The average molecular weight is 571 g/mol. The molecule has 0 aliphatic carbocycles. The fourth-order valence-corrected chi connectivity index (χ4v) is 5.52. The molecule has 2 fully saturated rings. The zero-order valence-electron chi connectivity index (χ0n) is 22.6. The van der Waals surface area contributed by atoms with Crippen LogP contribution in [0.25, 0.3) is 10.9 Å². The maximum absolute atomic E-state index is 12.3. The molecule has 2 N–H and O–H groups in total. The number of nitrogens with one attached hydrogen (secondary N) is 2. The fourth-order valence-electron chi connectivity index (χ4n) is 5.28. The van der Waals surface area contributed by atoms with Gasteiger partial charge in [-0.3, -0.25) is 14.7 Å². The van der Waals surface area contributed by atoms with Gasteiger partial charge in [-0.05, 0) is 73.5 Å². The number of rotatable bonds is 11. The second kappa shape index (κ2) is 11.8. The molecule has 10 heteroatoms. The minimum absolute atomic E-state index is 0.129. The summed E-state index contributed by atoms with van der Waals surface area (Å²) < 4.78 is 11.6. The van der Waals surface area contributed by atoms with Gasteiger partial charge in [-0.25, -0.2) is 9.97 Å². The summed E-state index contributed by atoms with van der Waals surface area (Å²) in [5.41, 5.74) is 4.20. The molecule has 6 rings (SSSR count). The van der Waals surface area contributed by atoms with Gasteiger partial charge >= 0.3 is 0 Å². The first-order valence-corrected chi connectivity index (χ1v) is 14.0. The lowest BCUT2D eigenvalue weighted by Gasteiger charge is -2.55. The summed E-state index contributed by atoms with van der Waals surface area (Å²) in [6.45, 7) is 7.81. The smallest absolute Gasteiger partial charge is 0.247 e. The monoisotopic (exact) mass is 570 g/mol. The summed E-state index contributed by atoms with van der Waals surface area (Å²) in [5, 5.41) is 7.54. The van der Waals surface area contributed by atoms with E-state index in [1.807, 2.05) is 42.5 Å². The van der Waals surface area contributed by atoms with Gasteiger partial charge in [0.05, 0.1) is 28.4 Å². The highest BCUT2D eigenvalue weighted by Gasteiger charge is 2.48. The maximum Gasteiger partial charge on any atom is 0.247 e. The number of pyridine rings is 1. The van der Waals surface area contributed by atoms with Gasteiger partial charge in [0.15, 0.2) is 0 Å². The number of fused-ring (bicyclic) bond motifs is 1. The number of amides is 1. The number of nitrogens with zero attached hydrogens (tertiary/aromatic N) is 4. The molecule has 2 aliphatic rings. The Bertz CT molecular complexity index is 1570. The summed E-state index contributed by atoms with van der Waals surface area (Å²) >= 11 is 6.53. The van der Waals surface area contributed by atoms with Crippen molar-refractivity contribution in [1.29, 1.82) is 0 Å². The van der Waals surface area contributed by atoms with Gasteiger partial charge in [0.2, 0.25) is 5.91 Å². The van der Waals surface area contributed by atoms with E-state index in [9.17, 15) is 4.79 Å². The van der Waals surface area contributed by atoms with Crippen molar-refractivity contribution in [3.63, 3.8) is 0 Å². The van der Waals surface area contributed by atoms with Crippen LogP contribution in [0, 0.1) is 0 Å². The molecular weight excluding hydrogens is 540 g/mol. The number of likely N-dealkylation sites (tertiary alicyclic amines) is 1. The van der Waals surface area contributed by atoms with Gasteiger partial charge in [-0.2, -0.15) is 0 Å². The van der Waals surface area contributed by atoms with Crippen LogP contribution in [0.1, 0.15) is 24.1 Å². The van der Waals surface area contributed by atoms with Crippen molar-refractivity contribution in [2.24, 2.45) is 0 Å². The molecule has 210 valence electrons. The summed E-state index contributed by atoms with van der Waals surface area (Å²) in [6.07, 6.45) is 7.45. The molecule has 41 heavy (non-hydrogen) atoms. The van der Waals surface area contributed by atoms with E-state index in [2.05, 4.69) is 37.1 Å². The number of aromatic nitrogens is 3. The summed E-state index contributed by atoms with van der Waals surface area (Å²) in [4.78, 5) is 28.0. The Kier molecular flexibility index (Phi) is 7.82. The van der Waals surface area contributed by atoms with E-state index < -0.39 is 0 Å². The van der Waals surface area contributed by atoms with Crippen LogP contribution in [-0.4, -0.2) is 57.6 Å². The van der Waals surface area contributed by atoms with Crippen LogP contribution in [0.2, 0.25) is 5.02 Å². The molecule has 1 amide bonds. The van der Waals surface area contributed by atoms with Gasteiger partial charge < -0.3 is 20.1 Å². The highest BCUT2D eigenvalue weighted by molar-refractivity contribution is 6.32. The number of carbonyl (C=O) groups excluding carboxylic acids is 1. The zero-order chi connectivity index (χ0) is 28.2. The van der Waals surface area contributed by atoms with Crippen molar-refractivity contribution in [2.75, 3.05) is 36.9 Å². The normalized spacial score (nSPS) is 15.6. The first-order chi connectivity index (χ1) is 20.0. The number of hydrogen-bond donors (Lipinski definition) is 2. The summed E-state index contributed by atoms with van der Waals surface area (Å²) in [5.74, 6) is 0.889. The molecule has 1 spiro atoms. The number of hydrogen-bond acceptors (Lipinski definition) is 8. The number of anilines is 3. The lowest BCUT2D eigenvalue weighted by Crippen LogP contribution is -2.68. The minimum atomic E-state index is -0.267. The zero-order valence-corrected chi connectivity index (χ0v) is 23.4. The van der Waals surface area contributed by atoms with Crippen LogP contribution in [0.5, 0.6) is 5.75 Å². The van der Waals surface area contributed by atoms with Crippen molar-refractivity contribution in [3.8, 4) is 5.75 Å². The van der Waals surface area contributed by atoms with Crippen molar-refractivity contribution in [2.45, 2.75) is 31.5 Å². The van der Waals surface area contributed by atoms with Crippen molar-refractivity contribution >= 4 is 45.6 Å². The minimum Gasteiger partial charge on any atom is -0.486 e. The maximum atomic E-state index is 12.3. The summed E-state index contributed by atoms with van der Waals surface area (Å²) in [6, 6.07) is 15.1. The Labute approximate surface area is 243 Å². The van der Waals surface area contributed by atoms with E-state index in [0.717, 1.165) is 79.0 Å². The Morgan fingerprint density at radius 3 is 2.78 bits per heavy atom. The predicted octanol–water partition coefficient (Wildman–Crippen LogP) is 5.53. The largest absolute Gasteiger partial charge is 0.486 e. The second-order valence-electron chi connectivity index (χ2n) is 10.4. The Morgan fingerprint density at radius 1 is 1.17 bits per heavy atom. The van der Waals surface area contributed by atoms with Crippen LogP contribution in [-0.2, 0) is 22.6 Å². The van der Waals surface area contributed by atoms with Crippen molar-refractivity contribution in [3.05, 3.63) is 90.0 Å². The molecule has 9 nitrogen and oxygen atoms in total. The number of carbonyl (C=O) groups is 1. The lowest BCUT2D eigenvalue weighted by atomic mass is 9.86. The van der Waals surface area contributed by atoms with Gasteiger partial charge in [-0.15, -0.1) is 0 Å². The highest BCUT2D eigenvalue weighted by atomic mass is 35.5. The lowest BCUT2D eigenvalue weighted by molar-refractivity contribution is -0.221. The van der Waals surface area contributed by atoms with Crippen molar-refractivity contribution in [1.82, 2.24) is 19.9 Å². The third-order valence-electron chi connectivity index (χ3n) is 7.51. The summed E-state index contributed by atoms with van der Waals surface area (Å²) in [7, 11) is 0. The molecule has 0 atom stereocenters. The topological polar surface area (TPSA) is 102 Å². The number of ether oxygens (including phenoxy) is 2. The average Bonchev–Trinajstić information content (AvgIpc) is 2.93. The number of benzene rings is 2. The van der Waals surface area contributed by atoms with Gasteiger partial charge in [0.1, 0.15) is 24.5 Å². The molecule has 2 aromatic carbocycles. The second-order valence-corrected chi connectivity index (χ2v) is 10.8. The van der Waals surface area contributed by atoms with Crippen LogP contribution in [0.3, 0.4) is 0 Å². The van der Waals surface area contributed by atoms with Gasteiger partial charge in [0, 0.05) is 42.5 Å². The Morgan fingerprint density at radius 2 is 2.05 bits per heavy atom. The molecule has 0 radical (unpaired) electrons. The van der Waals surface area contributed by atoms with Crippen LogP contribution < -0.4 is 15.4 Å². The van der Waals surface area contributed by atoms with E-state index in [0.29, 0.717) is 23.2 Å². The molecular formula is C31H31ClN6O3. The molecule has 0 saturated carbocycles.